The van der Waals surface area contributed by atoms with Crippen molar-refractivity contribution in [2.75, 3.05) is 6.54 Å². The Morgan fingerprint density at radius 1 is 1.45 bits per heavy atom. The first kappa shape index (κ1) is 16.6. The van der Waals surface area contributed by atoms with Gasteiger partial charge in [0.1, 0.15) is 15.2 Å². The number of nitrogens with zero attached hydrogens (tertiary/aromatic N) is 1. The molecule has 0 spiro atoms. The maximum Gasteiger partial charge on any atom is 0.310 e. The highest BCUT2D eigenvalue weighted by Crippen LogP contribution is 2.27. The lowest BCUT2D eigenvalue weighted by molar-refractivity contribution is -0.149. The Balaban J connectivity index is 2.92. The Kier molecular flexibility index (Phi) is 5.28. The molecule has 0 atom stereocenters. The fraction of sp³-hybridized carbons (Fsp3) is 0.500. The van der Waals surface area contributed by atoms with Crippen molar-refractivity contribution in [3.05, 3.63) is 17.0 Å². The molecule has 0 aromatic carbocycles. The lowest BCUT2D eigenvalue weighted by atomic mass is 9.83. The van der Waals surface area contributed by atoms with Crippen LogP contribution in [0.2, 0.25) is 0 Å². The summed E-state index contributed by atoms with van der Waals surface area (Å²) in [6.07, 6.45) is 0.657. The molecule has 1 heterocycles. The van der Waals surface area contributed by atoms with Gasteiger partial charge in [0.25, 0.3) is 0 Å². The Morgan fingerprint density at radius 2 is 2.05 bits per heavy atom. The average molecular weight is 316 g/mol. The zero-order valence-corrected chi connectivity index (χ0v) is 12.8. The minimum atomic E-state index is -3.78. The molecular weight excluding hydrogens is 300 g/mol. The lowest BCUT2D eigenvalue weighted by Crippen LogP contribution is -2.42. The van der Waals surface area contributed by atoms with Gasteiger partial charge in [0.2, 0.25) is 10.0 Å². The molecule has 0 fully saturated rings. The number of carboxylic acid groups (broad SMARTS) is 1. The van der Waals surface area contributed by atoms with Gasteiger partial charge in [0, 0.05) is 6.54 Å². The molecule has 1 aromatic rings. The van der Waals surface area contributed by atoms with Crippen molar-refractivity contribution in [1.29, 1.82) is 5.26 Å². The summed E-state index contributed by atoms with van der Waals surface area (Å²) in [4.78, 5) is 11.6. The molecule has 2 N–H and O–H groups in total. The Hall–Kier alpha value is -1.43. The number of hydrogen-bond donors (Lipinski definition) is 2. The van der Waals surface area contributed by atoms with E-state index in [0.717, 1.165) is 11.3 Å². The number of thiophene rings is 1. The van der Waals surface area contributed by atoms with Crippen molar-refractivity contribution in [3.63, 3.8) is 0 Å². The third kappa shape index (κ3) is 3.36. The molecule has 0 bridgehead atoms. The van der Waals surface area contributed by atoms with Crippen molar-refractivity contribution in [3.8, 4) is 6.07 Å². The molecule has 1 aromatic heterocycles. The van der Waals surface area contributed by atoms with Crippen LogP contribution in [0.3, 0.4) is 0 Å². The largest absolute Gasteiger partial charge is 0.481 e. The standard InChI is InChI=1S/C12H16N2O4S2/c1-3-12(4-2,11(15)16)8-14-20(17,18)10-6-5-9(7-13)19-10/h5-6,14H,3-4,8H2,1-2H3,(H,15,16). The molecule has 20 heavy (non-hydrogen) atoms. The number of nitrogens with one attached hydrogen (secondary N) is 1. The highest BCUT2D eigenvalue weighted by atomic mass is 32.2. The quantitative estimate of drug-likeness (QED) is 0.797. The summed E-state index contributed by atoms with van der Waals surface area (Å²) in [5.74, 6) is -1.02. The maximum absolute atomic E-state index is 12.1. The molecule has 0 aliphatic heterocycles. The highest BCUT2D eigenvalue weighted by Gasteiger charge is 2.36. The molecule has 0 amide bonds. The van der Waals surface area contributed by atoms with Gasteiger partial charge in [-0.1, -0.05) is 13.8 Å². The summed E-state index contributed by atoms with van der Waals surface area (Å²) in [6.45, 7) is 3.26. The van der Waals surface area contributed by atoms with Crippen molar-refractivity contribution < 1.29 is 18.3 Å². The van der Waals surface area contributed by atoms with Crippen LogP contribution in [-0.2, 0) is 14.8 Å². The van der Waals surface area contributed by atoms with Gasteiger partial charge in [-0.25, -0.2) is 13.1 Å². The van der Waals surface area contributed by atoms with Crippen LogP contribution < -0.4 is 4.72 Å². The molecule has 0 radical (unpaired) electrons. The van der Waals surface area contributed by atoms with E-state index in [0.29, 0.717) is 17.7 Å². The normalized spacial score (nSPS) is 12.1. The Labute approximate surface area is 122 Å². The van der Waals surface area contributed by atoms with Gasteiger partial charge in [-0.05, 0) is 25.0 Å². The van der Waals surface area contributed by atoms with Crippen molar-refractivity contribution in [2.45, 2.75) is 30.9 Å². The van der Waals surface area contributed by atoms with E-state index in [9.17, 15) is 18.3 Å². The summed E-state index contributed by atoms with van der Waals surface area (Å²) < 4.78 is 26.5. The fourth-order valence-corrected chi connectivity index (χ4v) is 3.98. The maximum atomic E-state index is 12.1. The van der Waals surface area contributed by atoms with Crippen molar-refractivity contribution in [2.24, 2.45) is 5.41 Å². The van der Waals surface area contributed by atoms with Crippen LogP contribution in [0.25, 0.3) is 0 Å². The zero-order valence-electron chi connectivity index (χ0n) is 11.2. The van der Waals surface area contributed by atoms with E-state index in [1.54, 1.807) is 13.8 Å². The van der Waals surface area contributed by atoms with Gasteiger partial charge in [0.15, 0.2) is 0 Å². The molecule has 110 valence electrons. The van der Waals surface area contributed by atoms with Gasteiger partial charge in [0.05, 0.1) is 5.41 Å². The number of rotatable bonds is 7. The molecule has 1 rings (SSSR count). The first-order chi connectivity index (χ1) is 9.31. The molecule has 0 saturated heterocycles. The first-order valence-corrected chi connectivity index (χ1v) is 8.34. The van der Waals surface area contributed by atoms with E-state index >= 15 is 0 Å². The smallest absolute Gasteiger partial charge is 0.310 e. The van der Waals surface area contributed by atoms with E-state index in [1.165, 1.54) is 12.1 Å². The minimum absolute atomic E-state index is 0.0144. The summed E-state index contributed by atoms with van der Waals surface area (Å²) in [7, 11) is -3.78. The second kappa shape index (κ2) is 6.35. The van der Waals surface area contributed by atoms with E-state index in [2.05, 4.69) is 4.72 Å². The molecule has 0 aliphatic carbocycles. The second-order valence-corrected chi connectivity index (χ2v) is 7.43. The number of carbonyl (C=O) groups is 1. The van der Waals surface area contributed by atoms with Crippen LogP contribution >= 0.6 is 11.3 Å². The fourth-order valence-electron chi connectivity index (χ4n) is 1.71. The molecular formula is C12H16N2O4S2. The Morgan fingerprint density at radius 3 is 2.45 bits per heavy atom. The van der Waals surface area contributed by atoms with E-state index in [1.807, 2.05) is 6.07 Å². The highest BCUT2D eigenvalue weighted by molar-refractivity contribution is 7.91. The number of nitriles is 1. The first-order valence-electron chi connectivity index (χ1n) is 6.04. The molecule has 6 nitrogen and oxygen atoms in total. The summed E-state index contributed by atoms with van der Waals surface area (Å²) in [5.41, 5.74) is -1.11. The number of sulfonamides is 1. The van der Waals surface area contributed by atoms with E-state index < -0.39 is 21.4 Å². The van der Waals surface area contributed by atoms with E-state index in [-0.39, 0.29) is 10.8 Å². The third-order valence-electron chi connectivity index (χ3n) is 3.36. The van der Waals surface area contributed by atoms with Crippen LogP contribution in [0.4, 0.5) is 0 Å². The van der Waals surface area contributed by atoms with E-state index in [4.69, 9.17) is 5.26 Å². The van der Waals surface area contributed by atoms with Crippen molar-refractivity contribution in [1.82, 2.24) is 4.72 Å². The number of aliphatic carboxylic acids is 1. The second-order valence-electron chi connectivity index (χ2n) is 4.35. The summed E-state index contributed by atoms with van der Waals surface area (Å²) in [5, 5.41) is 18.0. The van der Waals surface area contributed by atoms with Crippen LogP contribution in [0, 0.1) is 16.7 Å². The van der Waals surface area contributed by atoms with Crippen molar-refractivity contribution >= 4 is 27.3 Å². The SMILES string of the molecule is CCC(CC)(CNS(=O)(=O)c1ccc(C#N)s1)C(=O)O. The third-order valence-corrected chi connectivity index (χ3v) is 6.25. The topological polar surface area (TPSA) is 107 Å². The van der Waals surface area contributed by atoms with Gasteiger partial charge in [-0.3, -0.25) is 4.79 Å². The lowest BCUT2D eigenvalue weighted by Gasteiger charge is -2.26. The van der Waals surface area contributed by atoms with Gasteiger partial charge < -0.3 is 5.11 Å². The average Bonchev–Trinajstić information content (AvgIpc) is 2.89. The predicted octanol–water partition coefficient (Wildman–Crippen LogP) is 1.79. The van der Waals surface area contributed by atoms with Crippen LogP contribution in [0.5, 0.6) is 0 Å². The van der Waals surface area contributed by atoms with Crippen LogP contribution in [-0.4, -0.2) is 26.0 Å². The van der Waals surface area contributed by atoms with Gasteiger partial charge >= 0.3 is 5.97 Å². The zero-order chi connectivity index (χ0) is 15.4. The van der Waals surface area contributed by atoms with Crippen LogP contribution in [0.1, 0.15) is 31.6 Å². The minimum Gasteiger partial charge on any atom is -0.481 e. The molecule has 0 unspecified atom stereocenters. The number of carboxylic acids is 1. The predicted molar refractivity (Wildman–Crippen MR) is 74.9 cm³/mol. The van der Waals surface area contributed by atoms with Gasteiger partial charge in [-0.2, -0.15) is 5.26 Å². The molecule has 8 heteroatoms. The molecule has 0 saturated carbocycles. The summed E-state index contributed by atoms with van der Waals surface area (Å²) in [6, 6.07) is 4.62. The molecule has 0 aliphatic rings. The van der Waals surface area contributed by atoms with Gasteiger partial charge in [-0.15, -0.1) is 11.3 Å². The number of hydrogen-bond acceptors (Lipinski definition) is 5. The van der Waals surface area contributed by atoms with Crippen LogP contribution in [0.15, 0.2) is 16.3 Å². The summed E-state index contributed by atoms with van der Waals surface area (Å²) >= 11 is 0.855. The Bertz CT molecular complexity index is 624. The monoisotopic (exact) mass is 316 g/mol.